The molecule has 0 aromatic rings. The van der Waals surface area contributed by atoms with Gasteiger partial charge in [-0.1, -0.05) is 34.6 Å². The van der Waals surface area contributed by atoms with Gasteiger partial charge in [0.25, 0.3) is 0 Å². The predicted molar refractivity (Wildman–Crippen MR) is 94.2 cm³/mol. The number of nitrogens with zero attached hydrogens (tertiary/aromatic N) is 1. The van der Waals surface area contributed by atoms with Gasteiger partial charge in [0.2, 0.25) is 5.91 Å². The molecule has 1 aliphatic carbocycles. The van der Waals surface area contributed by atoms with Crippen LogP contribution in [-0.2, 0) is 4.79 Å². The Hall–Kier alpha value is -0.610. The highest BCUT2D eigenvalue weighted by atomic mass is 16.3. The summed E-state index contributed by atoms with van der Waals surface area (Å²) in [4.78, 5) is 15.3. The van der Waals surface area contributed by atoms with E-state index >= 15 is 0 Å². The van der Waals surface area contributed by atoms with Crippen LogP contribution in [0.25, 0.3) is 0 Å². The topological polar surface area (TPSA) is 52.6 Å². The summed E-state index contributed by atoms with van der Waals surface area (Å²) in [5, 5.41) is 13.3. The monoisotopic (exact) mass is 324 g/mol. The smallest absolute Gasteiger partial charge is 0.228 e. The number of aliphatic hydroxyl groups is 1. The van der Waals surface area contributed by atoms with E-state index in [1.54, 1.807) is 0 Å². The highest BCUT2D eigenvalue weighted by molar-refractivity contribution is 5.82. The lowest BCUT2D eigenvalue weighted by molar-refractivity contribution is -0.146. The van der Waals surface area contributed by atoms with Crippen molar-refractivity contribution < 1.29 is 9.90 Å². The Labute approximate surface area is 142 Å². The number of hydrogen-bond acceptors (Lipinski definition) is 3. The van der Waals surface area contributed by atoms with Crippen LogP contribution in [0.2, 0.25) is 0 Å². The molecule has 4 nitrogen and oxygen atoms in total. The highest BCUT2D eigenvalue weighted by Crippen LogP contribution is 2.39. The Bertz CT molecular complexity index is 414. The van der Waals surface area contributed by atoms with Gasteiger partial charge in [-0.2, -0.15) is 0 Å². The van der Waals surface area contributed by atoms with Crippen LogP contribution in [0.15, 0.2) is 0 Å². The number of aliphatic hydroxyl groups excluding tert-OH is 1. The molecule has 23 heavy (non-hydrogen) atoms. The Kier molecular flexibility index (Phi) is 5.47. The summed E-state index contributed by atoms with van der Waals surface area (Å²) in [6.45, 7) is 13.4. The maximum atomic E-state index is 13.1. The van der Waals surface area contributed by atoms with E-state index in [9.17, 15) is 9.90 Å². The van der Waals surface area contributed by atoms with Crippen LogP contribution in [0, 0.1) is 10.8 Å². The molecule has 0 aromatic carbocycles. The first kappa shape index (κ1) is 18.7. The van der Waals surface area contributed by atoms with E-state index in [-0.39, 0.29) is 29.5 Å². The summed E-state index contributed by atoms with van der Waals surface area (Å²) in [5.41, 5.74) is 0.0545. The Morgan fingerprint density at radius 1 is 1.22 bits per heavy atom. The van der Waals surface area contributed by atoms with E-state index in [1.807, 2.05) is 27.7 Å². The minimum Gasteiger partial charge on any atom is -0.392 e. The van der Waals surface area contributed by atoms with E-state index in [0.717, 1.165) is 25.8 Å². The van der Waals surface area contributed by atoms with Crippen LogP contribution in [0.5, 0.6) is 0 Å². The van der Waals surface area contributed by atoms with Crippen LogP contribution in [0.3, 0.4) is 0 Å². The molecule has 2 unspecified atom stereocenters. The van der Waals surface area contributed by atoms with Crippen LogP contribution in [0.1, 0.15) is 73.6 Å². The lowest BCUT2D eigenvalue weighted by Crippen LogP contribution is -2.53. The van der Waals surface area contributed by atoms with Crippen LogP contribution >= 0.6 is 0 Å². The molecule has 1 saturated carbocycles. The van der Waals surface area contributed by atoms with Crippen LogP contribution in [-0.4, -0.2) is 46.7 Å². The lowest BCUT2D eigenvalue weighted by atomic mass is 9.74. The molecule has 2 aliphatic rings. The van der Waals surface area contributed by atoms with Gasteiger partial charge in [0.05, 0.1) is 6.10 Å². The molecule has 3 atom stereocenters. The molecule has 0 bridgehead atoms. The summed E-state index contributed by atoms with van der Waals surface area (Å²) < 4.78 is 0. The van der Waals surface area contributed by atoms with Crippen molar-refractivity contribution in [3.8, 4) is 0 Å². The van der Waals surface area contributed by atoms with Gasteiger partial charge in [-0.25, -0.2) is 0 Å². The Morgan fingerprint density at radius 3 is 2.22 bits per heavy atom. The number of hydrogen-bond donors (Lipinski definition) is 2. The zero-order chi connectivity index (χ0) is 17.4. The SMILES string of the molecule is CC(O)C1C[C@H](N(C(=O)C(C)(C)C)C2CCC(C)(C)CC2)CN1. The molecule has 0 spiro atoms. The van der Waals surface area contributed by atoms with Gasteiger partial charge in [-0.05, 0) is 44.4 Å². The van der Waals surface area contributed by atoms with Crippen molar-refractivity contribution in [3.05, 3.63) is 0 Å². The third-order valence-electron chi connectivity index (χ3n) is 5.70. The number of carbonyl (C=O) groups excluding carboxylic acids is 1. The summed E-state index contributed by atoms with van der Waals surface area (Å²) in [6.07, 6.45) is 5.07. The molecule has 2 fully saturated rings. The molecule has 0 aromatic heterocycles. The molecule has 2 N–H and O–H groups in total. The van der Waals surface area contributed by atoms with E-state index in [2.05, 4.69) is 24.1 Å². The lowest BCUT2D eigenvalue weighted by Gasteiger charge is -2.45. The molecule has 0 radical (unpaired) electrons. The molecule has 134 valence electrons. The van der Waals surface area contributed by atoms with Crippen molar-refractivity contribution in [2.75, 3.05) is 6.54 Å². The fraction of sp³-hybridized carbons (Fsp3) is 0.947. The highest BCUT2D eigenvalue weighted by Gasteiger charge is 2.42. The number of carbonyl (C=O) groups is 1. The molecule has 4 heteroatoms. The quantitative estimate of drug-likeness (QED) is 0.839. The third kappa shape index (κ3) is 4.48. The van der Waals surface area contributed by atoms with E-state index < -0.39 is 0 Å². The first-order valence-corrected chi connectivity index (χ1v) is 9.25. The van der Waals surface area contributed by atoms with Gasteiger partial charge in [0.15, 0.2) is 0 Å². The molecular weight excluding hydrogens is 288 g/mol. The van der Waals surface area contributed by atoms with Gasteiger partial charge in [-0.3, -0.25) is 4.79 Å². The van der Waals surface area contributed by atoms with Gasteiger partial charge >= 0.3 is 0 Å². The zero-order valence-corrected chi connectivity index (χ0v) is 15.9. The average molecular weight is 325 g/mol. The maximum Gasteiger partial charge on any atom is 0.228 e. The molecule has 1 heterocycles. The third-order valence-corrected chi connectivity index (χ3v) is 5.70. The van der Waals surface area contributed by atoms with Crippen molar-refractivity contribution >= 4 is 5.91 Å². The average Bonchev–Trinajstić information content (AvgIpc) is 2.89. The molecular formula is C19H36N2O2. The van der Waals surface area contributed by atoms with Gasteiger partial charge in [0.1, 0.15) is 0 Å². The summed E-state index contributed by atoms with van der Waals surface area (Å²) in [6, 6.07) is 0.678. The van der Waals surface area contributed by atoms with Crippen LogP contribution < -0.4 is 5.32 Å². The minimum atomic E-state index is -0.364. The minimum absolute atomic E-state index is 0.107. The van der Waals surface area contributed by atoms with Gasteiger partial charge < -0.3 is 15.3 Å². The second-order valence-electron chi connectivity index (χ2n) is 9.50. The van der Waals surface area contributed by atoms with E-state index in [0.29, 0.717) is 11.5 Å². The normalized spacial score (nSPS) is 30.2. The van der Waals surface area contributed by atoms with Crippen LogP contribution in [0.4, 0.5) is 0 Å². The summed E-state index contributed by atoms with van der Waals surface area (Å²) in [5.74, 6) is 0.264. The van der Waals surface area contributed by atoms with E-state index in [4.69, 9.17) is 0 Å². The first-order chi connectivity index (χ1) is 10.5. The molecule has 2 rings (SSSR count). The first-order valence-electron chi connectivity index (χ1n) is 9.25. The van der Waals surface area contributed by atoms with Crippen molar-refractivity contribution in [2.45, 2.75) is 97.9 Å². The summed E-state index contributed by atoms with van der Waals surface area (Å²) >= 11 is 0. The standard InChI is InChI=1S/C19H36N2O2/c1-13(22)16-11-15(12-20-16)21(17(23)18(2,3)4)14-7-9-19(5,6)10-8-14/h13-16,20,22H,7-12H2,1-6H3/t13?,15-,16?/m0/s1. The Balaban J connectivity index is 2.15. The molecule has 1 aliphatic heterocycles. The number of rotatable bonds is 3. The predicted octanol–water partition coefficient (Wildman–Crippen LogP) is 2.94. The van der Waals surface area contributed by atoms with Crippen molar-refractivity contribution in [2.24, 2.45) is 10.8 Å². The largest absolute Gasteiger partial charge is 0.392 e. The number of nitrogens with one attached hydrogen (secondary N) is 1. The maximum absolute atomic E-state index is 13.1. The second-order valence-corrected chi connectivity index (χ2v) is 9.50. The van der Waals surface area contributed by atoms with Gasteiger partial charge in [-0.15, -0.1) is 0 Å². The fourth-order valence-electron chi connectivity index (χ4n) is 4.01. The molecule has 1 amide bonds. The number of amides is 1. The fourth-order valence-corrected chi connectivity index (χ4v) is 4.01. The van der Waals surface area contributed by atoms with Crippen molar-refractivity contribution in [3.63, 3.8) is 0 Å². The van der Waals surface area contributed by atoms with Gasteiger partial charge in [0, 0.05) is 30.1 Å². The Morgan fingerprint density at radius 2 is 1.78 bits per heavy atom. The van der Waals surface area contributed by atoms with Crippen molar-refractivity contribution in [1.29, 1.82) is 0 Å². The zero-order valence-electron chi connectivity index (χ0n) is 15.9. The van der Waals surface area contributed by atoms with Crippen molar-refractivity contribution in [1.82, 2.24) is 10.2 Å². The summed E-state index contributed by atoms with van der Waals surface area (Å²) in [7, 11) is 0. The molecule has 1 saturated heterocycles. The second kappa shape index (κ2) is 6.72. The van der Waals surface area contributed by atoms with E-state index in [1.165, 1.54) is 12.8 Å².